The molecule has 4 bridgehead atoms. The van der Waals surface area contributed by atoms with Crippen LogP contribution in [0.3, 0.4) is 0 Å². The zero-order valence-electron chi connectivity index (χ0n) is 12.9. The van der Waals surface area contributed by atoms with Gasteiger partial charge in [0.25, 0.3) is 0 Å². The van der Waals surface area contributed by atoms with Crippen LogP contribution < -0.4 is 0 Å². The minimum atomic E-state index is -0.283. The third kappa shape index (κ3) is 2.06. The molecule has 0 N–H and O–H groups in total. The van der Waals surface area contributed by atoms with E-state index in [1.807, 2.05) is 13.0 Å². The van der Waals surface area contributed by atoms with Crippen molar-refractivity contribution in [2.75, 3.05) is 0 Å². The van der Waals surface area contributed by atoms with Crippen LogP contribution in [0, 0.1) is 35.4 Å². The molecule has 112 valence electrons. The molecule has 4 aliphatic carbocycles. The molecular weight excluding hydrogens is 263 g/mol. The number of benzene rings is 1. The van der Waals surface area contributed by atoms with Crippen LogP contribution in [-0.4, -0.2) is 5.78 Å². The zero-order chi connectivity index (χ0) is 14.8. The normalized spacial score (nSPS) is 40.5. The minimum absolute atomic E-state index is 0.195. The van der Waals surface area contributed by atoms with Gasteiger partial charge in [-0.15, -0.1) is 0 Å². The van der Waals surface area contributed by atoms with Crippen LogP contribution in [0.1, 0.15) is 61.4 Å². The smallest absolute Gasteiger partial charge is 0.169 e. The molecule has 1 aromatic carbocycles. The van der Waals surface area contributed by atoms with Gasteiger partial charge in [-0.1, -0.05) is 6.92 Å². The van der Waals surface area contributed by atoms with Crippen molar-refractivity contribution < 1.29 is 9.18 Å². The van der Waals surface area contributed by atoms with Gasteiger partial charge in [0, 0.05) is 11.0 Å². The predicted octanol–water partition coefficient (Wildman–Crippen LogP) is 4.92. The maximum Gasteiger partial charge on any atom is 0.169 e. The number of carbonyl (C=O) groups excluding carboxylic acids is 1. The molecule has 4 saturated carbocycles. The summed E-state index contributed by atoms with van der Waals surface area (Å²) in [6.07, 6.45) is 6.98. The lowest BCUT2D eigenvalue weighted by molar-refractivity contribution is -0.0820. The van der Waals surface area contributed by atoms with Crippen molar-refractivity contribution in [3.05, 3.63) is 35.1 Å². The van der Waals surface area contributed by atoms with E-state index < -0.39 is 0 Å². The second-order valence-electron chi connectivity index (χ2n) is 8.40. The summed E-state index contributed by atoms with van der Waals surface area (Å²) in [5.74, 6) is 1.37. The highest BCUT2D eigenvalue weighted by atomic mass is 19.1. The van der Waals surface area contributed by atoms with Crippen molar-refractivity contribution in [1.29, 1.82) is 0 Å². The molecule has 0 spiro atoms. The fourth-order valence-electron chi connectivity index (χ4n) is 6.16. The number of ketones is 1. The van der Waals surface area contributed by atoms with Crippen molar-refractivity contribution in [3.63, 3.8) is 0 Å². The van der Waals surface area contributed by atoms with Crippen LogP contribution in [0.25, 0.3) is 0 Å². The first-order chi connectivity index (χ1) is 9.87. The molecule has 5 rings (SSSR count). The highest BCUT2D eigenvalue weighted by Gasteiger charge is 2.58. The number of hydrogen-bond acceptors (Lipinski definition) is 1. The summed E-state index contributed by atoms with van der Waals surface area (Å²) in [6.45, 7) is 4.23. The maximum absolute atomic E-state index is 13.7. The van der Waals surface area contributed by atoms with E-state index >= 15 is 0 Å². The lowest BCUT2D eigenvalue weighted by Crippen LogP contribution is -2.54. The lowest BCUT2D eigenvalue weighted by atomic mass is 9.43. The Labute approximate surface area is 125 Å². The van der Waals surface area contributed by atoms with Crippen molar-refractivity contribution in [3.8, 4) is 0 Å². The Morgan fingerprint density at radius 3 is 2.38 bits per heavy atom. The number of rotatable bonds is 2. The topological polar surface area (TPSA) is 17.1 Å². The second kappa shape index (κ2) is 4.18. The number of halogens is 1. The number of hydrogen-bond donors (Lipinski definition) is 0. The molecule has 21 heavy (non-hydrogen) atoms. The van der Waals surface area contributed by atoms with Gasteiger partial charge in [-0.25, -0.2) is 4.39 Å². The third-order valence-electron chi connectivity index (χ3n) is 6.14. The van der Waals surface area contributed by atoms with Crippen molar-refractivity contribution >= 4 is 5.78 Å². The fourth-order valence-corrected chi connectivity index (χ4v) is 6.16. The predicted molar refractivity (Wildman–Crippen MR) is 80.7 cm³/mol. The Morgan fingerprint density at radius 1 is 1.14 bits per heavy atom. The Morgan fingerprint density at radius 2 is 1.81 bits per heavy atom. The summed E-state index contributed by atoms with van der Waals surface area (Å²) >= 11 is 0. The number of Topliss-reactive ketones (excluding diaryl/α,β-unsaturated/α-hetero) is 1. The van der Waals surface area contributed by atoms with Gasteiger partial charge in [-0.2, -0.15) is 0 Å². The molecule has 0 radical (unpaired) electrons. The van der Waals surface area contributed by atoms with E-state index in [4.69, 9.17) is 0 Å². The van der Waals surface area contributed by atoms with Crippen LogP contribution in [0.2, 0.25) is 0 Å². The maximum atomic E-state index is 13.7. The van der Waals surface area contributed by atoms with E-state index in [2.05, 4.69) is 6.92 Å². The summed E-state index contributed by atoms with van der Waals surface area (Å²) in [5, 5.41) is 0. The molecule has 1 nitrogen and oxygen atoms in total. The minimum Gasteiger partial charge on any atom is -0.294 e. The molecular formula is C19H23FO. The summed E-state index contributed by atoms with van der Waals surface area (Å²) in [5.41, 5.74) is 1.59. The Bertz CT molecular complexity index is 584. The van der Waals surface area contributed by atoms with Gasteiger partial charge in [-0.3, -0.25) is 4.79 Å². The van der Waals surface area contributed by atoms with E-state index in [-0.39, 0.29) is 17.0 Å². The molecule has 4 fully saturated rings. The van der Waals surface area contributed by atoms with Crippen LogP contribution in [0.4, 0.5) is 4.39 Å². The Hall–Kier alpha value is -1.18. The van der Waals surface area contributed by atoms with Crippen molar-refractivity contribution in [2.24, 2.45) is 22.7 Å². The summed E-state index contributed by atoms with van der Waals surface area (Å²) in [6, 6.07) is 4.81. The first kappa shape index (κ1) is 13.5. The van der Waals surface area contributed by atoms with Gasteiger partial charge in [0.15, 0.2) is 5.78 Å². The number of aryl methyl sites for hydroxylation is 1. The molecule has 2 unspecified atom stereocenters. The molecule has 1 aromatic rings. The van der Waals surface area contributed by atoms with Gasteiger partial charge in [-0.05, 0) is 86.5 Å². The van der Waals surface area contributed by atoms with Gasteiger partial charge < -0.3 is 0 Å². The molecule has 4 aliphatic rings. The molecule has 0 saturated heterocycles. The number of carbonyl (C=O) groups is 1. The highest BCUT2D eigenvalue weighted by Crippen LogP contribution is 2.65. The average Bonchev–Trinajstić information content (AvgIpc) is 2.33. The van der Waals surface area contributed by atoms with Crippen molar-refractivity contribution in [1.82, 2.24) is 0 Å². The second-order valence-corrected chi connectivity index (χ2v) is 8.40. The Balaban J connectivity index is 1.73. The molecule has 2 atom stereocenters. The Kier molecular flexibility index (Phi) is 2.68. The molecule has 0 heterocycles. The van der Waals surface area contributed by atoms with E-state index in [1.165, 1.54) is 31.4 Å². The SMILES string of the molecule is Cc1cc(F)cc(C(=O)C23CC4CC(CC(C)(C4)C2)C3)c1. The summed E-state index contributed by atoms with van der Waals surface area (Å²) < 4.78 is 13.7. The van der Waals surface area contributed by atoms with Gasteiger partial charge in [0.1, 0.15) is 5.82 Å². The average molecular weight is 286 g/mol. The van der Waals surface area contributed by atoms with Crippen LogP contribution in [-0.2, 0) is 0 Å². The third-order valence-corrected chi connectivity index (χ3v) is 6.14. The standard InChI is InChI=1S/C19H23FO/c1-12-3-15(6-16(20)4-12)17(21)19-9-13-5-14(10-19)8-18(2,7-13)11-19/h3-4,6,13-14H,5,7-11H2,1-2H3. The van der Waals surface area contributed by atoms with Crippen LogP contribution in [0.15, 0.2) is 18.2 Å². The van der Waals surface area contributed by atoms with Crippen molar-refractivity contribution in [2.45, 2.75) is 52.4 Å². The van der Waals surface area contributed by atoms with Gasteiger partial charge >= 0.3 is 0 Å². The first-order valence-electron chi connectivity index (χ1n) is 8.20. The first-order valence-corrected chi connectivity index (χ1v) is 8.20. The van der Waals surface area contributed by atoms with Crippen LogP contribution >= 0.6 is 0 Å². The monoisotopic (exact) mass is 286 g/mol. The largest absolute Gasteiger partial charge is 0.294 e. The van der Waals surface area contributed by atoms with E-state index in [0.29, 0.717) is 11.0 Å². The van der Waals surface area contributed by atoms with Gasteiger partial charge in [0.2, 0.25) is 0 Å². The summed E-state index contributed by atoms with van der Waals surface area (Å²) in [7, 11) is 0. The molecule has 0 aromatic heterocycles. The zero-order valence-corrected chi connectivity index (χ0v) is 12.9. The molecule has 0 aliphatic heterocycles. The van der Waals surface area contributed by atoms with E-state index in [1.54, 1.807) is 0 Å². The quantitative estimate of drug-likeness (QED) is 0.705. The molecule has 0 amide bonds. The lowest BCUT2D eigenvalue weighted by Gasteiger charge is -2.60. The molecule has 2 heteroatoms. The van der Waals surface area contributed by atoms with Gasteiger partial charge in [0.05, 0.1) is 0 Å². The van der Waals surface area contributed by atoms with Crippen LogP contribution in [0.5, 0.6) is 0 Å². The van der Waals surface area contributed by atoms with E-state index in [0.717, 1.165) is 36.7 Å². The van der Waals surface area contributed by atoms with E-state index in [9.17, 15) is 9.18 Å². The highest BCUT2D eigenvalue weighted by molar-refractivity contribution is 6.01. The summed E-state index contributed by atoms with van der Waals surface area (Å²) in [4.78, 5) is 13.2. The fraction of sp³-hybridized carbons (Fsp3) is 0.632.